The van der Waals surface area contributed by atoms with Crippen molar-refractivity contribution in [2.75, 3.05) is 0 Å². The normalized spacial score (nSPS) is 11.9. The van der Waals surface area contributed by atoms with Gasteiger partial charge in [-0.15, -0.1) is 22.7 Å². The van der Waals surface area contributed by atoms with E-state index in [-0.39, 0.29) is 0 Å². The molecule has 8 aromatic heterocycles. The summed E-state index contributed by atoms with van der Waals surface area (Å²) in [5.74, 6) is 3.83. The van der Waals surface area contributed by atoms with Crippen LogP contribution in [-0.2, 0) is 0 Å². The summed E-state index contributed by atoms with van der Waals surface area (Å²) in [6.07, 6.45) is 0. The monoisotopic (exact) mass is 1490 g/mol. The fourth-order valence-corrected chi connectivity index (χ4v) is 19.2. The number of thiophene rings is 2. The first kappa shape index (κ1) is 65.1. The first-order chi connectivity index (χ1) is 56.5. The van der Waals surface area contributed by atoms with Crippen LogP contribution in [0.3, 0.4) is 0 Å². The molecule has 0 N–H and O–H groups in total. The molecule has 0 aliphatic rings. The fraction of sp³-hybridized carbons (Fsp3) is 0. The van der Waals surface area contributed by atoms with E-state index in [1.165, 1.54) is 41.2 Å². The van der Waals surface area contributed by atoms with Crippen molar-refractivity contribution in [2.24, 2.45) is 0 Å². The summed E-state index contributed by atoms with van der Waals surface area (Å²) in [5, 5.41) is 13.8. The summed E-state index contributed by atoms with van der Waals surface area (Å²) in [7, 11) is 0. The minimum Gasteiger partial charge on any atom is -0.455 e. The summed E-state index contributed by atoms with van der Waals surface area (Å²) in [4.78, 5) is 30.4. The van der Waals surface area contributed by atoms with E-state index >= 15 is 0 Å². The van der Waals surface area contributed by atoms with Crippen molar-refractivity contribution in [3.8, 4) is 102 Å². The van der Waals surface area contributed by atoms with Crippen LogP contribution in [0.4, 0.5) is 0 Å². The van der Waals surface area contributed by atoms with E-state index in [1.807, 2.05) is 121 Å². The molecule has 0 radical (unpaired) electrons. The number of benzene rings is 16. The van der Waals surface area contributed by atoms with Crippen molar-refractivity contribution in [3.63, 3.8) is 0 Å². The Hall–Kier alpha value is -14.8. The Kier molecular flexibility index (Phi) is 15.1. The van der Waals surface area contributed by atoms with Gasteiger partial charge in [0.25, 0.3) is 0 Å². The van der Waals surface area contributed by atoms with Crippen LogP contribution in [0.25, 0.3) is 230 Å². The Labute approximate surface area is 659 Å². The van der Waals surface area contributed by atoms with Crippen LogP contribution in [0.15, 0.2) is 373 Å². The zero-order valence-corrected chi connectivity index (χ0v) is 62.5. The highest BCUT2D eigenvalue weighted by molar-refractivity contribution is 7.26. The molecule has 0 aliphatic carbocycles. The molecule has 532 valence electrons. The number of hydrogen-bond donors (Lipinski definition) is 0. The van der Waals surface area contributed by atoms with Crippen molar-refractivity contribution < 1.29 is 8.83 Å². The topological polar surface area (TPSA) is 113 Å². The second-order valence-electron chi connectivity index (χ2n) is 28.7. The van der Waals surface area contributed by atoms with Crippen LogP contribution < -0.4 is 0 Å². The van der Waals surface area contributed by atoms with Crippen LogP contribution in [0.5, 0.6) is 0 Å². The first-order valence-corrected chi connectivity index (χ1v) is 39.7. The van der Waals surface area contributed by atoms with Crippen LogP contribution in [0.2, 0.25) is 0 Å². The van der Waals surface area contributed by atoms with Gasteiger partial charge in [0.2, 0.25) is 0 Å². The summed E-state index contributed by atoms with van der Waals surface area (Å²) >= 11 is 3.62. The molecule has 0 saturated carbocycles. The van der Waals surface area contributed by atoms with E-state index in [4.69, 9.17) is 38.7 Å². The first-order valence-electron chi connectivity index (χ1n) is 38.0. The zero-order valence-electron chi connectivity index (χ0n) is 60.9. The standard InChI is InChI=1S/2C51H30N4OS/c1-4-14-31(15-5-1)34-24-25-39-43(28-34)55(42-27-26-38-36-20-10-12-22-44(36)56-47(38)46(39)42)35-29-40-37-21-11-13-23-45(37)57-48(40)41(30-35)51-53-49(32-16-6-2-7-17-32)52-50(54-51)33-18-8-3-9-19-33;1-3-13-32(14-4-1)49-52-50(33-15-5-2-6-16-33)54-51(53-49)34-25-23-31(24-26-34)40-29-35(30-41-37-18-9-12-22-45(37)57-48(40)41)55-42-20-10-7-19-39(42)46-43(55)28-27-38-36-17-8-11-21-44(36)56-47(38)46/h2*1-30H. The second kappa shape index (κ2) is 26.5. The van der Waals surface area contributed by atoms with E-state index in [0.29, 0.717) is 34.9 Å². The summed E-state index contributed by atoms with van der Waals surface area (Å²) in [6.45, 7) is 0. The molecule has 24 rings (SSSR count). The number of fused-ring (bicyclic) bond motifs is 20. The van der Waals surface area contributed by atoms with Gasteiger partial charge in [0, 0.05) is 123 Å². The van der Waals surface area contributed by atoms with Gasteiger partial charge in [0.1, 0.15) is 22.3 Å². The molecule has 10 nitrogen and oxygen atoms in total. The minimum absolute atomic E-state index is 0.631. The summed E-state index contributed by atoms with van der Waals surface area (Å²) in [5.41, 5.74) is 20.4. The molecule has 0 saturated heterocycles. The molecular formula is C102H60N8O2S2. The van der Waals surface area contributed by atoms with Gasteiger partial charge in [0.15, 0.2) is 34.9 Å². The molecule has 0 amide bonds. The molecule has 0 aliphatic heterocycles. The van der Waals surface area contributed by atoms with Gasteiger partial charge in [-0.1, -0.05) is 279 Å². The van der Waals surface area contributed by atoms with Crippen LogP contribution in [0.1, 0.15) is 0 Å². The average molecular weight is 1490 g/mol. The van der Waals surface area contributed by atoms with Crippen molar-refractivity contribution in [1.82, 2.24) is 39.0 Å². The number of para-hydroxylation sites is 3. The molecule has 24 aromatic rings. The maximum absolute atomic E-state index is 6.72. The third kappa shape index (κ3) is 10.8. The lowest BCUT2D eigenvalue weighted by Crippen LogP contribution is -2.01. The molecule has 0 atom stereocenters. The molecule has 114 heavy (non-hydrogen) atoms. The Balaban J connectivity index is 0.000000135. The highest BCUT2D eigenvalue weighted by Gasteiger charge is 2.26. The lowest BCUT2D eigenvalue weighted by atomic mass is 10.00. The van der Waals surface area contributed by atoms with Crippen LogP contribution >= 0.6 is 22.7 Å². The number of hydrogen-bond acceptors (Lipinski definition) is 10. The second-order valence-corrected chi connectivity index (χ2v) is 30.8. The minimum atomic E-state index is 0.631. The average Bonchev–Trinajstić information content (AvgIpc) is 1.56. The molecular weight excluding hydrogens is 1430 g/mol. The van der Waals surface area contributed by atoms with Gasteiger partial charge in [-0.2, -0.15) is 0 Å². The van der Waals surface area contributed by atoms with Crippen molar-refractivity contribution in [1.29, 1.82) is 0 Å². The lowest BCUT2D eigenvalue weighted by molar-refractivity contribution is 0.672. The molecule has 0 unspecified atom stereocenters. The Morgan fingerprint density at radius 2 is 0.553 bits per heavy atom. The third-order valence-electron chi connectivity index (χ3n) is 22.1. The predicted molar refractivity (Wildman–Crippen MR) is 472 cm³/mol. The lowest BCUT2D eigenvalue weighted by Gasteiger charge is -2.13. The Bertz CT molecular complexity index is 7850. The van der Waals surface area contributed by atoms with Gasteiger partial charge >= 0.3 is 0 Å². The van der Waals surface area contributed by atoms with Crippen LogP contribution in [0, 0.1) is 0 Å². The highest BCUT2D eigenvalue weighted by Crippen LogP contribution is 2.49. The van der Waals surface area contributed by atoms with Gasteiger partial charge in [-0.05, 0) is 102 Å². The number of aromatic nitrogens is 8. The predicted octanol–water partition coefficient (Wildman–Crippen LogP) is 27.8. The molecule has 0 fully saturated rings. The van der Waals surface area contributed by atoms with Gasteiger partial charge < -0.3 is 18.0 Å². The quantitative estimate of drug-likeness (QED) is 0.133. The van der Waals surface area contributed by atoms with Crippen molar-refractivity contribution in [3.05, 3.63) is 364 Å². The van der Waals surface area contributed by atoms with E-state index < -0.39 is 0 Å². The molecule has 0 spiro atoms. The highest BCUT2D eigenvalue weighted by atomic mass is 32.1. The van der Waals surface area contributed by atoms with E-state index in [0.717, 1.165) is 154 Å². The molecule has 16 aromatic carbocycles. The number of nitrogens with zero attached hydrogens (tertiary/aromatic N) is 8. The van der Waals surface area contributed by atoms with Crippen molar-refractivity contribution >= 4 is 151 Å². The Morgan fingerprint density at radius 1 is 0.211 bits per heavy atom. The summed E-state index contributed by atoms with van der Waals surface area (Å²) < 4.78 is 23.0. The van der Waals surface area contributed by atoms with Crippen molar-refractivity contribution in [2.45, 2.75) is 0 Å². The van der Waals surface area contributed by atoms with E-state index in [1.54, 1.807) is 11.3 Å². The Morgan fingerprint density at radius 3 is 1.04 bits per heavy atom. The van der Waals surface area contributed by atoms with E-state index in [9.17, 15) is 0 Å². The smallest absolute Gasteiger partial charge is 0.165 e. The maximum atomic E-state index is 6.72. The number of furan rings is 2. The van der Waals surface area contributed by atoms with E-state index in [2.05, 4.69) is 264 Å². The molecule has 12 heteroatoms. The fourth-order valence-electron chi connectivity index (χ4n) is 16.8. The number of rotatable bonds is 10. The summed E-state index contributed by atoms with van der Waals surface area (Å²) in [6, 6.07) is 128. The van der Waals surface area contributed by atoms with Gasteiger partial charge in [-0.3, -0.25) is 0 Å². The molecule has 8 heterocycles. The zero-order chi connectivity index (χ0) is 74.9. The third-order valence-corrected chi connectivity index (χ3v) is 24.5. The largest absolute Gasteiger partial charge is 0.455 e. The van der Waals surface area contributed by atoms with Gasteiger partial charge in [0.05, 0.1) is 32.8 Å². The maximum Gasteiger partial charge on any atom is 0.165 e. The van der Waals surface area contributed by atoms with Gasteiger partial charge in [-0.25, -0.2) is 29.9 Å². The SMILES string of the molecule is c1ccc(-c2ccc3c4c5oc6ccccc6c5ccc4n(-c4cc(-c5nc(-c6ccccc6)nc(-c6ccccc6)n5)c5sc6ccccc6c5c4)c3c2)cc1.c1ccc(-c2nc(-c3ccccc3)nc(-c3ccc(-c4cc(-n5c6ccccc6c6c7oc8ccccc8c7ccc65)cc5c4sc4ccccc45)cc3)n2)cc1. The molecule has 0 bridgehead atoms. The van der Waals surface area contributed by atoms with Crippen LogP contribution in [-0.4, -0.2) is 39.0 Å².